The molecular formula is C29H26F4N4O4. The maximum Gasteiger partial charge on any atom is 0.416 e. The van der Waals surface area contributed by atoms with Gasteiger partial charge in [-0.2, -0.15) is 13.2 Å². The van der Waals surface area contributed by atoms with Gasteiger partial charge in [0.2, 0.25) is 12.8 Å². The number of carbonyl (C=O) groups is 1. The van der Waals surface area contributed by atoms with Crippen molar-refractivity contribution in [1.29, 1.82) is 0 Å². The third-order valence-electron chi connectivity index (χ3n) is 7.44. The highest BCUT2D eigenvalue weighted by atomic mass is 19.4. The van der Waals surface area contributed by atoms with Gasteiger partial charge in [0.05, 0.1) is 25.1 Å². The van der Waals surface area contributed by atoms with E-state index >= 15 is 4.39 Å². The Balaban J connectivity index is 1.38. The van der Waals surface area contributed by atoms with Crippen LogP contribution in [0.3, 0.4) is 0 Å². The first-order chi connectivity index (χ1) is 19.7. The largest absolute Gasteiger partial charge is 0.469 e. The van der Waals surface area contributed by atoms with Crippen molar-refractivity contribution in [3.05, 3.63) is 77.6 Å². The Labute approximate surface area is 233 Å². The minimum absolute atomic E-state index is 0.0535. The van der Waals surface area contributed by atoms with Gasteiger partial charge in [0.1, 0.15) is 11.5 Å². The van der Waals surface area contributed by atoms with Crippen molar-refractivity contribution in [2.24, 2.45) is 4.99 Å². The van der Waals surface area contributed by atoms with Crippen molar-refractivity contribution in [2.45, 2.75) is 18.6 Å². The van der Waals surface area contributed by atoms with E-state index in [-0.39, 0.29) is 30.5 Å². The molecule has 8 nitrogen and oxygen atoms in total. The van der Waals surface area contributed by atoms with E-state index in [0.717, 1.165) is 17.8 Å². The normalized spacial score (nSPS) is 18.2. The number of aliphatic imine (C=N–C) groups is 1. The van der Waals surface area contributed by atoms with Crippen LogP contribution in [0.5, 0.6) is 11.5 Å². The van der Waals surface area contributed by atoms with E-state index in [1.165, 1.54) is 31.4 Å². The molecule has 1 saturated heterocycles. The zero-order valence-electron chi connectivity index (χ0n) is 22.0. The molecule has 0 radical (unpaired) electrons. The van der Waals surface area contributed by atoms with Crippen molar-refractivity contribution in [3.8, 4) is 11.5 Å². The monoisotopic (exact) mass is 570 g/mol. The summed E-state index contributed by atoms with van der Waals surface area (Å²) in [6, 6.07) is 14.1. The number of halogens is 4. The standard InChI is InChI=1S/C29H26F4N4O4/c1-39-26(38)16-23-21-6-3-7-22(30)27(21)34-28(37(23)20-5-2-4-18(14-20)29(31,32)33)36-12-10-35(11-13-36)19-8-9-24-25(15-19)41-17-40-24/h2-9,14-15,23H,10-13,16-17H2,1H3. The van der Waals surface area contributed by atoms with Crippen LogP contribution in [0, 0.1) is 5.82 Å². The minimum Gasteiger partial charge on any atom is -0.469 e. The molecule has 0 aromatic heterocycles. The van der Waals surface area contributed by atoms with E-state index in [4.69, 9.17) is 14.2 Å². The van der Waals surface area contributed by atoms with Crippen molar-refractivity contribution in [3.63, 3.8) is 0 Å². The van der Waals surface area contributed by atoms with Crippen LogP contribution in [0.4, 0.5) is 34.6 Å². The van der Waals surface area contributed by atoms with Gasteiger partial charge in [0.15, 0.2) is 11.5 Å². The molecule has 1 fully saturated rings. The highest BCUT2D eigenvalue weighted by molar-refractivity contribution is 6.01. The first-order valence-corrected chi connectivity index (χ1v) is 13.0. The number of anilines is 2. The van der Waals surface area contributed by atoms with Crippen molar-refractivity contribution in [2.75, 3.05) is 49.9 Å². The molecule has 6 rings (SSSR count). The Morgan fingerprint density at radius 3 is 2.44 bits per heavy atom. The third kappa shape index (κ3) is 5.09. The summed E-state index contributed by atoms with van der Waals surface area (Å²) in [7, 11) is 1.23. The second-order valence-electron chi connectivity index (χ2n) is 9.82. The van der Waals surface area contributed by atoms with Crippen LogP contribution in [0.1, 0.15) is 23.6 Å². The predicted octanol–water partition coefficient (Wildman–Crippen LogP) is 5.51. The highest BCUT2D eigenvalue weighted by Crippen LogP contribution is 2.43. The topological polar surface area (TPSA) is 66.8 Å². The van der Waals surface area contributed by atoms with Gasteiger partial charge in [-0.05, 0) is 36.4 Å². The van der Waals surface area contributed by atoms with E-state index in [0.29, 0.717) is 43.2 Å². The number of carbonyl (C=O) groups excluding carboxylic acids is 1. The van der Waals surface area contributed by atoms with E-state index < -0.39 is 29.6 Å². The van der Waals surface area contributed by atoms with E-state index in [9.17, 15) is 18.0 Å². The molecular weight excluding hydrogens is 544 g/mol. The minimum atomic E-state index is -4.58. The van der Waals surface area contributed by atoms with E-state index in [2.05, 4.69) is 9.89 Å². The van der Waals surface area contributed by atoms with E-state index in [1.807, 2.05) is 23.1 Å². The fraction of sp³-hybridized carbons (Fsp3) is 0.310. The third-order valence-corrected chi connectivity index (χ3v) is 7.44. The molecule has 0 aliphatic carbocycles. The Kier molecular flexibility index (Phi) is 6.84. The first kappa shape index (κ1) is 26.7. The Morgan fingerprint density at radius 1 is 0.951 bits per heavy atom. The number of esters is 1. The van der Waals surface area contributed by atoms with Crippen molar-refractivity contribution >= 4 is 29.0 Å². The van der Waals surface area contributed by atoms with E-state index in [1.54, 1.807) is 11.0 Å². The molecule has 3 aromatic rings. The van der Waals surface area contributed by atoms with Gasteiger partial charge in [-0.1, -0.05) is 18.2 Å². The van der Waals surface area contributed by atoms with Gasteiger partial charge in [0, 0.05) is 49.2 Å². The lowest BCUT2D eigenvalue weighted by Gasteiger charge is -2.45. The number of hydrogen-bond acceptors (Lipinski definition) is 8. The summed E-state index contributed by atoms with van der Waals surface area (Å²) in [5.41, 5.74) is 0.715. The van der Waals surface area contributed by atoms with Gasteiger partial charge >= 0.3 is 12.1 Å². The number of guanidine groups is 1. The summed E-state index contributed by atoms with van der Waals surface area (Å²) < 4.78 is 72.1. The number of ether oxygens (including phenoxy) is 3. The van der Waals surface area contributed by atoms with Crippen molar-refractivity contribution < 1.29 is 36.6 Å². The second-order valence-corrected chi connectivity index (χ2v) is 9.82. The zero-order chi connectivity index (χ0) is 28.7. The lowest BCUT2D eigenvalue weighted by atomic mass is 9.97. The number of para-hydroxylation sites is 1. The summed E-state index contributed by atoms with van der Waals surface area (Å²) >= 11 is 0. The smallest absolute Gasteiger partial charge is 0.416 e. The number of fused-ring (bicyclic) bond motifs is 2. The number of rotatable bonds is 4. The molecule has 3 aliphatic rings. The molecule has 1 unspecified atom stereocenters. The van der Waals surface area contributed by atoms with Crippen LogP contribution >= 0.6 is 0 Å². The zero-order valence-corrected chi connectivity index (χ0v) is 22.0. The average Bonchev–Trinajstić information content (AvgIpc) is 3.45. The molecule has 1 atom stereocenters. The van der Waals surface area contributed by atoms with Crippen LogP contribution in [0.2, 0.25) is 0 Å². The van der Waals surface area contributed by atoms with Crippen LogP contribution < -0.4 is 19.3 Å². The molecule has 3 aliphatic heterocycles. The number of nitrogens with zero attached hydrogens (tertiary/aromatic N) is 4. The maximum atomic E-state index is 15.1. The SMILES string of the molecule is COC(=O)CC1c2cccc(F)c2N=C(N2CCN(c3ccc4c(c3)OCO4)CC2)N1c1cccc(C(F)(F)F)c1. The molecule has 41 heavy (non-hydrogen) atoms. The van der Waals surface area contributed by atoms with Crippen LogP contribution in [-0.4, -0.2) is 56.9 Å². The molecule has 12 heteroatoms. The molecule has 0 spiro atoms. The fourth-order valence-corrected chi connectivity index (χ4v) is 5.39. The molecule has 0 bridgehead atoms. The highest BCUT2D eigenvalue weighted by Gasteiger charge is 2.39. The number of hydrogen-bond donors (Lipinski definition) is 0. The number of methoxy groups -OCH3 is 1. The van der Waals surface area contributed by atoms with Gasteiger partial charge in [0.25, 0.3) is 0 Å². The quantitative estimate of drug-likeness (QED) is 0.303. The summed E-state index contributed by atoms with van der Waals surface area (Å²) in [5, 5.41) is 0. The van der Waals surface area contributed by atoms with Gasteiger partial charge in [-0.25, -0.2) is 9.38 Å². The van der Waals surface area contributed by atoms with Crippen molar-refractivity contribution in [1.82, 2.24) is 4.90 Å². The van der Waals surface area contributed by atoms with Crippen LogP contribution in [0.25, 0.3) is 0 Å². The van der Waals surface area contributed by atoms with Crippen LogP contribution in [-0.2, 0) is 15.7 Å². The van der Waals surface area contributed by atoms with Gasteiger partial charge in [-0.15, -0.1) is 0 Å². The lowest BCUT2D eigenvalue weighted by Crippen LogP contribution is -2.55. The average molecular weight is 571 g/mol. The van der Waals surface area contributed by atoms with Gasteiger partial charge < -0.3 is 28.9 Å². The summed E-state index contributed by atoms with van der Waals surface area (Å²) in [6.45, 7) is 2.17. The maximum absolute atomic E-state index is 15.1. The number of alkyl halides is 3. The second kappa shape index (κ2) is 10.5. The molecule has 0 N–H and O–H groups in total. The molecule has 3 heterocycles. The number of piperazine rings is 1. The Bertz CT molecular complexity index is 1500. The first-order valence-electron chi connectivity index (χ1n) is 13.0. The number of benzene rings is 3. The molecule has 214 valence electrons. The van der Waals surface area contributed by atoms with Crippen LogP contribution in [0.15, 0.2) is 65.7 Å². The lowest BCUT2D eigenvalue weighted by molar-refractivity contribution is -0.141. The summed E-state index contributed by atoms with van der Waals surface area (Å²) in [5.74, 6) is 0.433. The molecule has 0 amide bonds. The predicted molar refractivity (Wildman–Crippen MR) is 143 cm³/mol. The fourth-order valence-electron chi connectivity index (χ4n) is 5.39. The Hall–Kier alpha value is -4.48. The molecule has 3 aromatic carbocycles. The summed E-state index contributed by atoms with van der Waals surface area (Å²) in [4.78, 5) is 22.8. The Morgan fingerprint density at radius 2 is 1.68 bits per heavy atom. The van der Waals surface area contributed by atoms with Gasteiger partial charge in [-0.3, -0.25) is 4.79 Å². The summed E-state index contributed by atoms with van der Waals surface area (Å²) in [6.07, 6.45) is -4.80. The molecule has 0 saturated carbocycles.